The van der Waals surface area contributed by atoms with Crippen LogP contribution >= 0.6 is 0 Å². The molecule has 0 saturated carbocycles. The average molecular weight is 780 g/mol. The lowest BCUT2D eigenvalue weighted by atomic mass is 9.82. The summed E-state index contributed by atoms with van der Waals surface area (Å²) in [5.41, 5.74) is 17.6. The maximum atomic E-state index is 5.22. The van der Waals surface area contributed by atoms with Crippen LogP contribution in [0, 0.1) is 0 Å². The van der Waals surface area contributed by atoms with E-state index in [4.69, 9.17) is 4.98 Å². The molecule has 0 aliphatic heterocycles. The number of fused-ring (bicyclic) bond motifs is 9. The van der Waals surface area contributed by atoms with Gasteiger partial charge < -0.3 is 9.47 Å². The van der Waals surface area contributed by atoms with E-state index < -0.39 is 0 Å². The van der Waals surface area contributed by atoms with E-state index in [-0.39, 0.29) is 5.41 Å². The maximum absolute atomic E-state index is 5.22. The van der Waals surface area contributed by atoms with Crippen LogP contribution in [0.15, 0.2) is 212 Å². The van der Waals surface area contributed by atoms with Gasteiger partial charge >= 0.3 is 0 Å². The lowest BCUT2D eigenvalue weighted by Crippen LogP contribution is -2.16. The standard InChI is InChI=1S/C58H41N3/c1-58(2)50-20-9-5-19-49(50)56-51(58)21-13-25-55(56)60(42-36-30-40(31-37-42)57-48-18-4-3-14-44(48)45-15-6-10-22-52(45)59-57)41-32-26-38(27-33-41)39-28-34-43(35-29-39)61-53-23-11-7-16-46(53)47-17-8-12-24-54(47)61/h3-37H,1-2H3. The predicted octanol–water partition coefficient (Wildman–Crippen LogP) is 15.6. The Morgan fingerprint density at radius 3 is 1.59 bits per heavy atom. The molecule has 3 heteroatoms. The number of anilines is 3. The topological polar surface area (TPSA) is 21.1 Å². The molecule has 2 heterocycles. The SMILES string of the molecule is CC1(C)c2ccccc2-c2c(N(c3ccc(-c4ccc(-n5c6ccccc6c6ccccc65)cc4)cc3)c3ccc(-c4nc5ccccc5c5ccccc45)cc3)cccc21. The zero-order valence-corrected chi connectivity index (χ0v) is 34.0. The smallest absolute Gasteiger partial charge is 0.0788 e. The van der Waals surface area contributed by atoms with Gasteiger partial charge in [-0.3, -0.25) is 0 Å². The molecule has 2 aromatic heterocycles. The van der Waals surface area contributed by atoms with E-state index in [1.54, 1.807) is 0 Å². The Labute approximate surface area is 355 Å². The van der Waals surface area contributed by atoms with Gasteiger partial charge in [-0.2, -0.15) is 0 Å². The third-order valence-corrected chi connectivity index (χ3v) is 13.0. The van der Waals surface area contributed by atoms with Crippen LogP contribution in [0.2, 0.25) is 0 Å². The fraction of sp³-hybridized carbons (Fsp3) is 0.0517. The number of aromatic nitrogens is 2. The van der Waals surface area contributed by atoms with Gasteiger partial charge in [0.1, 0.15) is 0 Å². The molecular weight excluding hydrogens is 739 g/mol. The second-order valence-corrected chi connectivity index (χ2v) is 16.7. The van der Waals surface area contributed by atoms with Crippen molar-refractivity contribution in [3.63, 3.8) is 0 Å². The van der Waals surface area contributed by atoms with Crippen molar-refractivity contribution in [2.75, 3.05) is 4.90 Å². The molecule has 0 radical (unpaired) electrons. The van der Waals surface area contributed by atoms with Gasteiger partial charge in [0.25, 0.3) is 0 Å². The lowest BCUT2D eigenvalue weighted by Gasteiger charge is -2.29. The van der Waals surface area contributed by atoms with E-state index >= 15 is 0 Å². The zero-order chi connectivity index (χ0) is 40.7. The van der Waals surface area contributed by atoms with Crippen molar-refractivity contribution in [2.24, 2.45) is 0 Å². The number of para-hydroxylation sites is 3. The number of benzene rings is 9. The molecule has 0 atom stereocenters. The Morgan fingerprint density at radius 2 is 0.918 bits per heavy atom. The van der Waals surface area contributed by atoms with E-state index in [0.29, 0.717) is 0 Å². The fourth-order valence-corrected chi connectivity index (χ4v) is 10.0. The molecule has 0 fully saturated rings. The first-order valence-electron chi connectivity index (χ1n) is 21.1. The molecule has 1 aliphatic carbocycles. The van der Waals surface area contributed by atoms with Crippen LogP contribution in [0.25, 0.3) is 82.7 Å². The Balaban J connectivity index is 0.962. The average Bonchev–Trinajstić information content (AvgIpc) is 3.78. The summed E-state index contributed by atoms with van der Waals surface area (Å²) in [6.45, 7) is 4.70. The minimum atomic E-state index is -0.116. The minimum Gasteiger partial charge on any atom is -0.310 e. The number of hydrogen-bond acceptors (Lipinski definition) is 2. The number of nitrogens with zero attached hydrogens (tertiary/aromatic N) is 3. The van der Waals surface area contributed by atoms with Gasteiger partial charge in [0.15, 0.2) is 0 Å². The van der Waals surface area contributed by atoms with Crippen LogP contribution in [0.1, 0.15) is 25.0 Å². The van der Waals surface area contributed by atoms with Crippen molar-refractivity contribution in [1.29, 1.82) is 0 Å². The molecule has 0 spiro atoms. The van der Waals surface area contributed by atoms with E-state index in [2.05, 4.69) is 236 Å². The molecule has 9 aromatic carbocycles. The summed E-state index contributed by atoms with van der Waals surface area (Å²) in [7, 11) is 0. The molecule has 0 amide bonds. The Hall–Kier alpha value is -7.75. The maximum Gasteiger partial charge on any atom is 0.0788 e. The normalized spacial score (nSPS) is 12.9. The van der Waals surface area contributed by atoms with Gasteiger partial charge in [-0.1, -0.05) is 166 Å². The monoisotopic (exact) mass is 779 g/mol. The van der Waals surface area contributed by atoms with E-state index in [0.717, 1.165) is 39.2 Å². The van der Waals surface area contributed by atoms with Crippen LogP contribution in [0.3, 0.4) is 0 Å². The second kappa shape index (κ2) is 13.7. The molecule has 0 bridgehead atoms. The highest BCUT2D eigenvalue weighted by Gasteiger charge is 2.37. The zero-order valence-electron chi connectivity index (χ0n) is 34.0. The quantitative estimate of drug-likeness (QED) is 0.157. The van der Waals surface area contributed by atoms with Crippen molar-refractivity contribution in [3.8, 4) is 39.2 Å². The van der Waals surface area contributed by atoms with Crippen molar-refractivity contribution in [2.45, 2.75) is 19.3 Å². The number of pyridine rings is 1. The summed E-state index contributed by atoms with van der Waals surface area (Å²) in [6, 6.07) is 77.2. The third kappa shape index (κ3) is 5.47. The highest BCUT2D eigenvalue weighted by molar-refractivity contribution is 6.11. The molecule has 288 valence electrons. The van der Waals surface area contributed by atoms with Crippen LogP contribution in [-0.4, -0.2) is 9.55 Å². The van der Waals surface area contributed by atoms with Gasteiger partial charge in [-0.15, -0.1) is 0 Å². The fourth-order valence-electron chi connectivity index (χ4n) is 10.0. The number of rotatable bonds is 6. The van der Waals surface area contributed by atoms with E-state index in [1.165, 1.54) is 71.6 Å². The van der Waals surface area contributed by atoms with Gasteiger partial charge in [0.2, 0.25) is 0 Å². The molecule has 0 N–H and O–H groups in total. The number of hydrogen-bond donors (Lipinski definition) is 0. The summed E-state index contributed by atoms with van der Waals surface area (Å²) in [5, 5.41) is 6.09. The van der Waals surface area contributed by atoms with Crippen LogP contribution in [0.5, 0.6) is 0 Å². The Morgan fingerprint density at radius 1 is 0.410 bits per heavy atom. The van der Waals surface area contributed by atoms with E-state index in [1.807, 2.05) is 0 Å². The summed E-state index contributed by atoms with van der Waals surface area (Å²) < 4.78 is 2.37. The van der Waals surface area contributed by atoms with Crippen LogP contribution < -0.4 is 4.90 Å². The first-order chi connectivity index (χ1) is 30.0. The van der Waals surface area contributed by atoms with Crippen molar-refractivity contribution < 1.29 is 0 Å². The third-order valence-electron chi connectivity index (χ3n) is 13.0. The van der Waals surface area contributed by atoms with Crippen molar-refractivity contribution >= 4 is 60.5 Å². The van der Waals surface area contributed by atoms with Gasteiger partial charge in [0.05, 0.1) is 27.9 Å². The molecule has 12 rings (SSSR count). The van der Waals surface area contributed by atoms with Gasteiger partial charge in [0, 0.05) is 55.1 Å². The molecule has 11 aromatic rings. The molecule has 3 nitrogen and oxygen atoms in total. The molecular formula is C58H41N3. The van der Waals surface area contributed by atoms with E-state index in [9.17, 15) is 0 Å². The molecule has 0 saturated heterocycles. The molecule has 1 aliphatic rings. The van der Waals surface area contributed by atoms with Crippen molar-refractivity contribution in [1.82, 2.24) is 9.55 Å². The summed E-state index contributed by atoms with van der Waals surface area (Å²) in [6.07, 6.45) is 0. The summed E-state index contributed by atoms with van der Waals surface area (Å²) >= 11 is 0. The largest absolute Gasteiger partial charge is 0.310 e. The van der Waals surface area contributed by atoms with Crippen LogP contribution in [0.4, 0.5) is 17.1 Å². The Kier molecular flexibility index (Phi) is 7.88. The highest BCUT2D eigenvalue weighted by atomic mass is 15.1. The first-order valence-corrected chi connectivity index (χ1v) is 21.1. The first kappa shape index (κ1) is 35.2. The minimum absolute atomic E-state index is 0.116. The molecule has 0 unspecified atom stereocenters. The van der Waals surface area contributed by atoms with Crippen LogP contribution in [-0.2, 0) is 5.41 Å². The summed E-state index contributed by atoms with van der Waals surface area (Å²) in [4.78, 5) is 7.66. The summed E-state index contributed by atoms with van der Waals surface area (Å²) in [5.74, 6) is 0. The Bertz CT molecular complexity index is 3430. The second-order valence-electron chi connectivity index (χ2n) is 16.7. The van der Waals surface area contributed by atoms with Gasteiger partial charge in [-0.05, 0) is 93.9 Å². The highest BCUT2D eigenvalue weighted by Crippen LogP contribution is 2.54. The van der Waals surface area contributed by atoms with Crippen molar-refractivity contribution in [3.05, 3.63) is 223 Å². The lowest BCUT2D eigenvalue weighted by molar-refractivity contribution is 0.660. The molecule has 61 heavy (non-hydrogen) atoms. The van der Waals surface area contributed by atoms with Gasteiger partial charge in [-0.25, -0.2) is 4.98 Å². The predicted molar refractivity (Wildman–Crippen MR) is 257 cm³/mol.